The Bertz CT molecular complexity index is 1110. The second kappa shape index (κ2) is 9.30. The molecule has 3 N–H and O–H groups in total. The second-order valence-electron chi connectivity index (χ2n) is 7.21. The summed E-state index contributed by atoms with van der Waals surface area (Å²) in [5, 5.41) is 28.4. The predicted molar refractivity (Wildman–Crippen MR) is 114 cm³/mol. The van der Waals surface area contributed by atoms with E-state index in [1.54, 1.807) is 19.2 Å². The average Bonchev–Trinajstić information content (AvgIpc) is 2.77. The van der Waals surface area contributed by atoms with E-state index < -0.39 is 11.9 Å². The smallest absolute Gasteiger partial charge is 0.338 e. The van der Waals surface area contributed by atoms with Gasteiger partial charge in [-0.3, -0.25) is 4.98 Å². The van der Waals surface area contributed by atoms with Gasteiger partial charge in [0.25, 0.3) is 0 Å². The van der Waals surface area contributed by atoms with Crippen molar-refractivity contribution in [1.29, 1.82) is 0 Å². The number of ether oxygens (including phenoxy) is 1. The molecule has 2 aromatic carbocycles. The fourth-order valence-electron chi connectivity index (χ4n) is 3.55. The zero-order valence-electron chi connectivity index (χ0n) is 17.2. The summed E-state index contributed by atoms with van der Waals surface area (Å²) in [4.78, 5) is 26.7. The molecule has 0 aliphatic carbocycles. The maximum atomic E-state index is 11.4. The number of aromatic hydroxyl groups is 1. The minimum atomic E-state index is -1.33. The van der Waals surface area contributed by atoms with Gasteiger partial charge in [-0.15, -0.1) is 0 Å². The Morgan fingerprint density at radius 1 is 0.968 bits per heavy atom. The molecule has 0 amide bonds. The molecule has 0 bridgehead atoms. The summed E-state index contributed by atoms with van der Waals surface area (Å²) in [6, 6.07) is 14.3. The summed E-state index contributed by atoms with van der Waals surface area (Å²) in [6.07, 6.45) is 1.97. The third kappa shape index (κ3) is 5.01. The summed E-state index contributed by atoms with van der Waals surface area (Å²) in [6.45, 7) is 2.07. The van der Waals surface area contributed by atoms with Crippen molar-refractivity contribution in [2.45, 2.75) is 25.7 Å². The number of nitrogens with zero attached hydrogens (tertiary/aromatic N) is 1. The normalized spacial score (nSPS) is 11.7. The number of carboxylic acid groups (broad SMARTS) is 2. The lowest BCUT2D eigenvalue weighted by Gasteiger charge is -2.18. The first-order chi connectivity index (χ1) is 14.8. The van der Waals surface area contributed by atoms with Gasteiger partial charge in [0.1, 0.15) is 11.5 Å². The topological polar surface area (TPSA) is 117 Å². The lowest BCUT2D eigenvalue weighted by atomic mass is 9.87. The largest absolute Gasteiger partial charge is 0.508 e. The SMILES string of the molecule is COc1ccc(C(C)c2ccc(O)cc2CCc2cc(C(=O)O)c(C(=O)O)cn2)cc1. The number of benzene rings is 2. The molecule has 0 aliphatic rings. The van der Waals surface area contributed by atoms with Gasteiger partial charge in [-0.1, -0.05) is 25.1 Å². The number of methoxy groups -OCH3 is 1. The molecule has 1 heterocycles. The van der Waals surface area contributed by atoms with E-state index in [1.165, 1.54) is 6.07 Å². The number of carbonyl (C=O) groups is 2. The van der Waals surface area contributed by atoms with Crippen molar-refractivity contribution < 1.29 is 29.6 Å². The minimum absolute atomic E-state index is 0.0541. The Morgan fingerprint density at radius 2 is 1.65 bits per heavy atom. The number of phenols is 1. The molecule has 1 atom stereocenters. The monoisotopic (exact) mass is 421 g/mol. The molecule has 0 saturated carbocycles. The highest BCUT2D eigenvalue weighted by atomic mass is 16.5. The van der Waals surface area contributed by atoms with E-state index in [0.717, 1.165) is 28.6 Å². The number of pyridine rings is 1. The lowest BCUT2D eigenvalue weighted by molar-refractivity contribution is 0.0651. The molecule has 0 radical (unpaired) electrons. The van der Waals surface area contributed by atoms with E-state index in [-0.39, 0.29) is 22.8 Å². The summed E-state index contributed by atoms with van der Waals surface area (Å²) >= 11 is 0. The zero-order valence-corrected chi connectivity index (χ0v) is 17.2. The van der Waals surface area contributed by atoms with E-state index in [4.69, 9.17) is 9.84 Å². The molecule has 160 valence electrons. The Labute approximate surface area is 179 Å². The van der Waals surface area contributed by atoms with Crippen molar-refractivity contribution in [3.63, 3.8) is 0 Å². The Morgan fingerprint density at radius 3 is 2.26 bits per heavy atom. The Balaban J connectivity index is 1.87. The van der Waals surface area contributed by atoms with Crippen LogP contribution < -0.4 is 4.74 Å². The van der Waals surface area contributed by atoms with E-state index in [2.05, 4.69) is 11.9 Å². The number of aromatic carboxylic acids is 2. The van der Waals surface area contributed by atoms with Crippen LogP contribution in [0.5, 0.6) is 11.5 Å². The molecule has 1 aromatic heterocycles. The van der Waals surface area contributed by atoms with E-state index in [9.17, 15) is 19.8 Å². The molecular weight excluding hydrogens is 398 g/mol. The zero-order chi connectivity index (χ0) is 22.5. The maximum Gasteiger partial charge on any atom is 0.338 e. The number of aryl methyl sites for hydroxylation is 2. The summed E-state index contributed by atoms with van der Waals surface area (Å²) in [5.74, 6) is -1.68. The number of rotatable bonds is 8. The van der Waals surface area contributed by atoms with Gasteiger partial charge in [0.15, 0.2) is 0 Å². The number of carboxylic acids is 2. The van der Waals surface area contributed by atoms with Crippen LogP contribution in [0.15, 0.2) is 54.7 Å². The molecule has 31 heavy (non-hydrogen) atoms. The van der Waals surface area contributed by atoms with Crippen LogP contribution in [0.1, 0.15) is 55.9 Å². The van der Waals surface area contributed by atoms with Crippen molar-refractivity contribution in [3.05, 3.63) is 88.2 Å². The molecule has 1 unspecified atom stereocenters. The summed E-state index contributed by atoms with van der Waals surface area (Å²) < 4.78 is 5.21. The van der Waals surface area contributed by atoms with Gasteiger partial charge in [0, 0.05) is 17.8 Å². The van der Waals surface area contributed by atoms with Crippen LogP contribution in [0.25, 0.3) is 0 Å². The van der Waals surface area contributed by atoms with Crippen LogP contribution in [0.2, 0.25) is 0 Å². The van der Waals surface area contributed by atoms with Gasteiger partial charge in [-0.25, -0.2) is 9.59 Å². The molecule has 0 aliphatic heterocycles. The Hall–Kier alpha value is -3.87. The first kappa shape index (κ1) is 21.8. The quantitative estimate of drug-likeness (QED) is 0.501. The predicted octanol–water partition coefficient (Wildman–Crippen LogP) is 4.13. The first-order valence-electron chi connectivity index (χ1n) is 9.71. The molecule has 3 rings (SSSR count). The van der Waals surface area contributed by atoms with Crippen molar-refractivity contribution in [2.24, 2.45) is 0 Å². The van der Waals surface area contributed by atoms with Gasteiger partial charge in [-0.2, -0.15) is 0 Å². The number of hydrogen-bond acceptors (Lipinski definition) is 5. The van der Waals surface area contributed by atoms with E-state index in [1.807, 2.05) is 30.3 Å². The lowest BCUT2D eigenvalue weighted by Crippen LogP contribution is -2.10. The van der Waals surface area contributed by atoms with Crippen LogP contribution in [0, 0.1) is 0 Å². The number of phenolic OH excluding ortho intramolecular Hbond substituents is 1. The van der Waals surface area contributed by atoms with Gasteiger partial charge < -0.3 is 20.1 Å². The van der Waals surface area contributed by atoms with E-state index in [0.29, 0.717) is 18.5 Å². The van der Waals surface area contributed by atoms with E-state index >= 15 is 0 Å². The fourth-order valence-corrected chi connectivity index (χ4v) is 3.55. The molecule has 3 aromatic rings. The third-order valence-corrected chi connectivity index (χ3v) is 5.28. The Kier molecular flexibility index (Phi) is 6.55. The van der Waals surface area contributed by atoms with Gasteiger partial charge in [-0.05, 0) is 59.9 Å². The number of aromatic nitrogens is 1. The summed E-state index contributed by atoms with van der Waals surface area (Å²) in [5.41, 5.74) is 2.86. The van der Waals surface area contributed by atoms with Crippen LogP contribution in [0.3, 0.4) is 0 Å². The molecule has 7 heteroatoms. The molecule has 0 saturated heterocycles. The maximum absolute atomic E-state index is 11.4. The molecule has 0 fully saturated rings. The molecule has 7 nitrogen and oxygen atoms in total. The first-order valence-corrected chi connectivity index (χ1v) is 9.71. The second-order valence-corrected chi connectivity index (χ2v) is 7.21. The highest BCUT2D eigenvalue weighted by molar-refractivity contribution is 6.01. The third-order valence-electron chi connectivity index (χ3n) is 5.28. The average molecular weight is 421 g/mol. The van der Waals surface area contributed by atoms with Crippen molar-refractivity contribution in [2.75, 3.05) is 7.11 Å². The highest BCUT2D eigenvalue weighted by Gasteiger charge is 2.18. The van der Waals surface area contributed by atoms with Crippen LogP contribution in [0.4, 0.5) is 0 Å². The van der Waals surface area contributed by atoms with Crippen molar-refractivity contribution >= 4 is 11.9 Å². The fraction of sp³-hybridized carbons (Fsp3) is 0.208. The van der Waals surface area contributed by atoms with Crippen LogP contribution in [-0.2, 0) is 12.8 Å². The minimum Gasteiger partial charge on any atom is -0.508 e. The number of hydrogen-bond donors (Lipinski definition) is 3. The highest BCUT2D eigenvalue weighted by Crippen LogP contribution is 2.31. The van der Waals surface area contributed by atoms with Crippen molar-refractivity contribution in [3.8, 4) is 11.5 Å². The standard InChI is InChI=1S/C24H23NO6/c1-14(15-4-8-19(31-2)9-5-15)20-10-7-18(26)11-16(20)3-6-17-12-21(23(27)28)22(13-25-17)24(29)30/h4-5,7-14,26H,3,6H2,1-2H3,(H,27,28)(H,29,30). The van der Waals surface area contributed by atoms with Gasteiger partial charge in [0.2, 0.25) is 0 Å². The molecule has 0 spiro atoms. The summed E-state index contributed by atoms with van der Waals surface area (Å²) in [7, 11) is 1.61. The van der Waals surface area contributed by atoms with Crippen molar-refractivity contribution in [1.82, 2.24) is 4.98 Å². The van der Waals surface area contributed by atoms with Crippen LogP contribution in [-0.4, -0.2) is 39.4 Å². The molecular formula is C24H23NO6. The van der Waals surface area contributed by atoms with Gasteiger partial charge in [0.05, 0.1) is 18.2 Å². The van der Waals surface area contributed by atoms with Gasteiger partial charge >= 0.3 is 11.9 Å². The van der Waals surface area contributed by atoms with Crippen LogP contribution >= 0.6 is 0 Å².